The van der Waals surface area contributed by atoms with Crippen LogP contribution >= 0.6 is 12.2 Å². The van der Waals surface area contributed by atoms with E-state index in [1.165, 1.54) is 6.07 Å². The molecular formula is C29H23N3O3S. The molecule has 0 radical (unpaired) electrons. The van der Waals surface area contributed by atoms with E-state index in [1.54, 1.807) is 24.3 Å². The Hall–Kier alpha value is -4.49. The molecule has 0 aliphatic heterocycles. The van der Waals surface area contributed by atoms with Gasteiger partial charge in [0.15, 0.2) is 10.7 Å². The lowest BCUT2D eigenvalue weighted by Crippen LogP contribution is -2.34. The van der Waals surface area contributed by atoms with Crippen LogP contribution in [0.2, 0.25) is 0 Å². The van der Waals surface area contributed by atoms with Gasteiger partial charge in [0.25, 0.3) is 5.91 Å². The zero-order valence-electron chi connectivity index (χ0n) is 19.7. The van der Waals surface area contributed by atoms with Gasteiger partial charge >= 0.3 is 0 Å². The van der Waals surface area contributed by atoms with E-state index < -0.39 is 0 Å². The van der Waals surface area contributed by atoms with Crippen LogP contribution in [0.1, 0.15) is 21.5 Å². The largest absolute Gasteiger partial charge is 0.507 e. The molecule has 0 spiro atoms. The topological polar surface area (TPSA) is 87.4 Å². The molecule has 5 aromatic rings. The highest BCUT2D eigenvalue weighted by Gasteiger charge is 2.16. The summed E-state index contributed by atoms with van der Waals surface area (Å²) in [5.74, 6) is -0.000778. The van der Waals surface area contributed by atoms with E-state index in [0.717, 1.165) is 27.8 Å². The van der Waals surface area contributed by atoms with Crippen molar-refractivity contribution in [2.45, 2.75) is 13.8 Å². The minimum atomic E-state index is -0.323. The molecule has 0 fully saturated rings. The Morgan fingerprint density at radius 2 is 1.64 bits per heavy atom. The van der Waals surface area contributed by atoms with Crippen molar-refractivity contribution in [3.8, 4) is 28.3 Å². The predicted molar refractivity (Wildman–Crippen MR) is 146 cm³/mol. The first-order valence-corrected chi connectivity index (χ1v) is 11.8. The number of carbonyl (C=O) groups excluding carboxylic acids is 1. The quantitative estimate of drug-likeness (QED) is 0.193. The highest BCUT2D eigenvalue weighted by atomic mass is 32.1. The Labute approximate surface area is 213 Å². The van der Waals surface area contributed by atoms with Gasteiger partial charge in [-0.2, -0.15) is 0 Å². The van der Waals surface area contributed by atoms with E-state index in [1.807, 2.05) is 68.4 Å². The summed E-state index contributed by atoms with van der Waals surface area (Å²) in [6, 6.07) is 26.1. The molecule has 0 aliphatic carbocycles. The maximum Gasteiger partial charge on any atom is 0.257 e. The molecule has 36 heavy (non-hydrogen) atoms. The van der Waals surface area contributed by atoms with Crippen molar-refractivity contribution in [2.75, 3.05) is 5.32 Å². The van der Waals surface area contributed by atoms with Gasteiger partial charge < -0.3 is 14.8 Å². The lowest BCUT2D eigenvalue weighted by atomic mass is 10.0. The summed E-state index contributed by atoms with van der Waals surface area (Å²) in [5, 5.41) is 16.3. The molecule has 0 aliphatic rings. The summed E-state index contributed by atoms with van der Waals surface area (Å²) in [6.07, 6.45) is 0. The highest BCUT2D eigenvalue weighted by Crippen LogP contribution is 2.34. The number of fused-ring (bicyclic) bond motifs is 1. The third-order valence-electron chi connectivity index (χ3n) is 5.79. The molecule has 1 heterocycles. The number of aromatic nitrogens is 1. The molecule has 0 saturated carbocycles. The number of amides is 1. The van der Waals surface area contributed by atoms with Crippen molar-refractivity contribution in [3.05, 3.63) is 102 Å². The molecule has 1 amide bonds. The number of carbonyl (C=O) groups is 1. The summed E-state index contributed by atoms with van der Waals surface area (Å²) in [5.41, 5.74) is 7.02. The molecule has 178 valence electrons. The zero-order valence-corrected chi connectivity index (χ0v) is 20.5. The molecule has 0 atom stereocenters. The van der Waals surface area contributed by atoms with Gasteiger partial charge in [-0.1, -0.05) is 48.5 Å². The molecule has 6 nitrogen and oxygen atoms in total. The number of benzene rings is 4. The van der Waals surface area contributed by atoms with Gasteiger partial charge in [-0.15, -0.1) is 0 Å². The average Bonchev–Trinajstić information content (AvgIpc) is 3.30. The summed E-state index contributed by atoms with van der Waals surface area (Å²) in [7, 11) is 0. The maximum absolute atomic E-state index is 12.7. The summed E-state index contributed by atoms with van der Waals surface area (Å²) < 4.78 is 5.94. The van der Waals surface area contributed by atoms with Crippen molar-refractivity contribution in [1.29, 1.82) is 0 Å². The van der Waals surface area contributed by atoms with E-state index in [4.69, 9.17) is 16.6 Å². The second kappa shape index (κ2) is 9.64. The third kappa shape index (κ3) is 4.82. The van der Waals surface area contributed by atoms with E-state index >= 15 is 0 Å². The van der Waals surface area contributed by atoms with E-state index in [9.17, 15) is 9.90 Å². The van der Waals surface area contributed by atoms with Gasteiger partial charge in [0, 0.05) is 11.3 Å². The molecule has 0 unspecified atom stereocenters. The first-order chi connectivity index (χ1) is 17.4. The van der Waals surface area contributed by atoms with Crippen molar-refractivity contribution >= 4 is 40.0 Å². The second-order valence-corrected chi connectivity index (χ2v) is 8.94. The Morgan fingerprint density at radius 3 is 2.39 bits per heavy atom. The highest BCUT2D eigenvalue weighted by molar-refractivity contribution is 7.80. The van der Waals surface area contributed by atoms with Gasteiger partial charge in [0.05, 0.1) is 5.56 Å². The number of aromatic hydroxyl groups is 1. The fraction of sp³-hybridized carbons (Fsp3) is 0.0690. The van der Waals surface area contributed by atoms with E-state index in [0.29, 0.717) is 28.3 Å². The number of rotatable bonds is 4. The van der Waals surface area contributed by atoms with Crippen LogP contribution in [0.5, 0.6) is 5.75 Å². The Morgan fingerprint density at radius 1 is 0.917 bits per heavy atom. The summed E-state index contributed by atoms with van der Waals surface area (Å²) >= 11 is 5.35. The van der Waals surface area contributed by atoms with Crippen LogP contribution in [0.25, 0.3) is 33.7 Å². The van der Waals surface area contributed by atoms with Crippen LogP contribution in [0.3, 0.4) is 0 Å². The van der Waals surface area contributed by atoms with Gasteiger partial charge in [-0.3, -0.25) is 10.1 Å². The minimum Gasteiger partial charge on any atom is -0.507 e. The number of oxazole rings is 1. The van der Waals surface area contributed by atoms with Gasteiger partial charge in [-0.25, -0.2) is 4.98 Å². The fourth-order valence-electron chi connectivity index (χ4n) is 4.06. The molecular weight excluding hydrogens is 470 g/mol. The monoisotopic (exact) mass is 493 g/mol. The number of phenols is 1. The number of hydrogen-bond acceptors (Lipinski definition) is 5. The average molecular weight is 494 g/mol. The van der Waals surface area contributed by atoms with Crippen LogP contribution < -0.4 is 10.6 Å². The Balaban J connectivity index is 1.30. The summed E-state index contributed by atoms with van der Waals surface area (Å²) in [4.78, 5) is 17.2. The van der Waals surface area contributed by atoms with Crippen molar-refractivity contribution in [3.63, 3.8) is 0 Å². The number of aryl methyl sites for hydroxylation is 2. The van der Waals surface area contributed by atoms with Crippen LogP contribution in [0.15, 0.2) is 89.3 Å². The lowest BCUT2D eigenvalue weighted by molar-refractivity contribution is 0.0977. The molecule has 5 rings (SSSR count). The lowest BCUT2D eigenvalue weighted by Gasteiger charge is -2.11. The van der Waals surface area contributed by atoms with Crippen molar-refractivity contribution < 1.29 is 14.3 Å². The van der Waals surface area contributed by atoms with Crippen molar-refractivity contribution in [1.82, 2.24) is 10.3 Å². The van der Waals surface area contributed by atoms with Crippen LogP contribution in [-0.2, 0) is 0 Å². The standard InChI is InChI=1S/C29H23N3O3S/c1-17-14-18(2)26-24(15-17)31-28(35-26)23-16-22(12-13-25(23)33)30-29(36)32-27(34)21-10-8-20(9-11-21)19-6-4-3-5-7-19/h3-16,33H,1-2H3,(H2,30,32,34,36). The van der Waals surface area contributed by atoms with Gasteiger partial charge in [-0.05, 0) is 84.7 Å². The molecule has 7 heteroatoms. The SMILES string of the molecule is Cc1cc(C)c2oc(-c3cc(NC(=S)NC(=O)c4ccc(-c5ccccc5)cc4)ccc3O)nc2c1. The second-order valence-electron chi connectivity index (χ2n) is 8.53. The fourth-order valence-corrected chi connectivity index (χ4v) is 4.27. The Kier molecular flexibility index (Phi) is 6.23. The van der Waals surface area contributed by atoms with Crippen LogP contribution in [-0.4, -0.2) is 21.1 Å². The number of phenolic OH excluding ortho intramolecular Hbond substituents is 1. The third-order valence-corrected chi connectivity index (χ3v) is 5.99. The zero-order chi connectivity index (χ0) is 25.2. The number of nitrogens with one attached hydrogen (secondary N) is 2. The normalized spacial score (nSPS) is 10.8. The number of thiocarbonyl (C=S) groups is 1. The van der Waals surface area contributed by atoms with Crippen molar-refractivity contribution in [2.24, 2.45) is 0 Å². The number of hydrogen-bond donors (Lipinski definition) is 3. The van der Waals surface area contributed by atoms with Crippen LogP contribution in [0, 0.1) is 13.8 Å². The van der Waals surface area contributed by atoms with Gasteiger partial charge in [0.1, 0.15) is 11.3 Å². The van der Waals surface area contributed by atoms with Gasteiger partial charge in [0.2, 0.25) is 5.89 Å². The first kappa shape index (κ1) is 23.3. The Bertz CT molecular complexity index is 1590. The first-order valence-electron chi connectivity index (χ1n) is 11.4. The molecule has 1 aromatic heterocycles. The molecule has 3 N–H and O–H groups in total. The smallest absolute Gasteiger partial charge is 0.257 e. The minimum absolute atomic E-state index is 0.0231. The van der Waals surface area contributed by atoms with Crippen LogP contribution in [0.4, 0.5) is 5.69 Å². The maximum atomic E-state index is 12.7. The number of anilines is 1. The van der Waals surface area contributed by atoms with E-state index in [2.05, 4.69) is 15.6 Å². The molecule has 4 aromatic carbocycles. The summed E-state index contributed by atoms with van der Waals surface area (Å²) in [6.45, 7) is 3.95. The molecule has 0 saturated heterocycles. The van der Waals surface area contributed by atoms with E-state index in [-0.39, 0.29) is 16.8 Å². The number of nitrogens with zero attached hydrogens (tertiary/aromatic N) is 1. The predicted octanol–water partition coefficient (Wildman–Crippen LogP) is 6.61. The molecule has 0 bridgehead atoms.